The molecule has 0 aromatic carbocycles. The number of carbonyl (C=O) groups excluding carboxylic acids is 1. The Bertz CT molecular complexity index is 354. The maximum Gasteiger partial charge on any atom is 0.227 e. The number of hydrogen-bond acceptors (Lipinski definition) is 5. The highest BCUT2D eigenvalue weighted by molar-refractivity contribution is 5.79. The molecule has 1 aromatic heterocycles. The van der Waals surface area contributed by atoms with Crippen molar-refractivity contribution in [2.45, 2.75) is 12.6 Å². The van der Waals surface area contributed by atoms with Crippen LogP contribution in [0.5, 0.6) is 0 Å². The second-order valence-electron chi connectivity index (χ2n) is 4.00. The number of nitrogens with zero attached hydrogens (tertiary/aromatic N) is 3. The molecule has 2 unspecified atom stereocenters. The van der Waals surface area contributed by atoms with Crippen LogP contribution in [-0.4, -0.2) is 53.7 Å². The fourth-order valence-corrected chi connectivity index (χ4v) is 1.87. The van der Waals surface area contributed by atoms with Crippen molar-refractivity contribution in [1.29, 1.82) is 0 Å². The van der Waals surface area contributed by atoms with Gasteiger partial charge in [-0.3, -0.25) is 9.48 Å². The van der Waals surface area contributed by atoms with Gasteiger partial charge in [-0.1, -0.05) is 5.21 Å². The minimum absolute atomic E-state index is 0.0296. The lowest BCUT2D eigenvalue weighted by Gasteiger charge is -2.16. The minimum Gasteiger partial charge on any atom is -0.379 e. The molecule has 7 nitrogen and oxygen atoms in total. The number of carbonyl (C=O) groups is 1. The van der Waals surface area contributed by atoms with Gasteiger partial charge in [0.1, 0.15) is 0 Å². The van der Waals surface area contributed by atoms with Crippen molar-refractivity contribution in [1.82, 2.24) is 25.6 Å². The number of rotatable bonds is 5. The van der Waals surface area contributed by atoms with E-state index < -0.39 is 0 Å². The van der Waals surface area contributed by atoms with Gasteiger partial charge < -0.3 is 15.4 Å². The first kappa shape index (κ1) is 12.0. The molecule has 1 fully saturated rings. The average molecular weight is 239 g/mol. The predicted octanol–water partition coefficient (Wildman–Crippen LogP) is -1.37. The SMILES string of the molecule is CNC1COCC1C(=O)NCCn1ccnn1. The third-order valence-electron chi connectivity index (χ3n) is 2.90. The van der Waals surface area contributed by atoms with Gasteiger partial charge in [0, 0.05) is 18.8 Å². The number of likely N-dealkylation sites (N-methyl/N-ethyl adjacent to an activating group) is 1. The van der Waals surface area contributed by atoms with E-state index in [1.54, 1.807) is 17.1 Å². The molecule has 1 aliphatic heterocycles. The summed E-state index contributed by atoms with van der Waals surface area (Å²) in [7, 11) is 1.84. The second-order valence-corrected chi connectivity index (χ2v) is 4.00. The summed E-state index contributed by atoms with van der Waals surface area (Å²) < 4.78 is 6.96. The van der Waals surface area contributed by atoms with Gasteiger partial charge in [0.05, 0.1) is 31.9 Å². The van der Waals surface area contributed by atoms with E-state index in [-0.39, 0.29) is 17.9 Å². The average Bonchev–Trinajstić information content (AvgIpc) is 2.99. The predicted molar refractivity (Wildman–Crippen MR) is 60.2 cm³/mol. The van der Waals surface area contributed by atoms with Gasteiger partial charge in [0.2, 0.25) is 5.91 Å². The molecule has 2 atom stereocenters. The Balaban J connectivity index is 1.73. The van der Waals surface area contributed by atoms with E-state index in [2.05, 4.69) is 20.9 Å². The molecule has 1 aliphatic rings. The zero-order valence-corrected chi connectivity index (χ0v) is 9.80. The van der Waals surface area contributed by atoms with Crippen LogP contribution in [-0.2, 0) is 16.1 Å². The quantitative estimate of drug-likeness (QED) is 0.662. The van der Waals surface area contributed by atoms with E-state index in [1.807, 2.05) is 7.05 Å². The van der Waals surface area contributed by atoms with E-state index in [0.29, 0.717) is 26.3 Å². The normalized spacial score (nSPS) is 23.8. The van der Waals surface area contributed by atoms with Crippen molar-refractivity contribution in [2.75, 3.05) is 26.8 Å². The third kappa shape index (κ3) is 3.01. The van der Waals surface area contributed by atoms with Crippen LogP contribution in [0.3, 0.4) is 0 Å². The standard InChI is InChI=1S/C10H17N5O2/c1-11-9-7-17-6-8(9)10(16)12-2-4-15-5-3-13-14-15/h3,5,8-9,11H,2,4,6-7H2,1H3,(H,12,16). The molecule has 2 heterocycles. The zero-order chi connectivity index (χ0) is 12.1. The first-order chi connectivity index (χ1) is 8.31. The number of hydrogen-bond donors (Lipinski definition) is 2. The molecule has 1 saturated heterocycles. The smallest absolute Gasteiger partial charge is 0.227 e. The summed E-state index contributed by atoms with van der Waals surface area (Å²) in [6.07, 6.45) is 3.38. The molecular weight excluding hydrogens is 222 g/mol. The number of nitrogens with one attached hydrogen (secondary N) is 2. The van der Waals surface area contributed by atoms with Gasteiger partial charge in [0.25, 0.3) is 0 Å². The molecule has 2 rings (SSSR count). The van der Waals surface area contributed by atoms with Crippen molar-refractivity contribution in [3.63, 3.8) is 0 Å². The maximum atomic E-state index is 11.9. The molecule has 1 amide bonds. The molecule has 0 radical (unpaired) electrons. The third-order valence-corrected chi connectivity index (χ3v) is 2.90. The van der Waals surface area contributed by atoms with Crippen LogP contribution in [0.1, 0.15) is 0 Å². The highest BCUT2D eigenvalue weighted by Crippen LogP contribution is 2.13. The fraction of sp³-hybridized carbons (Fsp3) is 0.700. The lowest BCUT2D eigenvalue weighted by atomic mass is 10.0. The molecule has 2 N–H and O–H groups in total. The van der Waals surface area contributed by atoms with Crippen molar-refractivity contribution in [3.05, 3.63) is 12.4 Å². The second kappa shape index (κ2) is 5.74. The first-order valence-corrected chi connectivity index (χ1v) is 5.68. The minimum atomic E-state index is -0.101. The number of amides is 1. The van der Waals surface area contributed by atoms with Crippen LogP contribution in [0.15, 0.2) is 12.4 Å². The molecule has 0 spiro atoms. The van der Waals surface area contributed by atoms with Crippen molar-refractivity contribution in [2.24, 2.45) is 5.92 Å². The lowest BCUT2D eigenvalue weighted by Crippen LogP contribution is -2.43. The van der Waals surface area contributed by atoms with E-state index in [9.17, 15) is 4.79 Å². The molecule has 94 valence electrons. The molecule has 0 aliphatic carbocycles. The van der Waals surface area contributed by atoms with Crippen molar-refractivity contribution >= 4 is 5.91 Å². The van der Waals surface area contributed by atoms with Gasteiger partial charge in [0.15, 0.2) is 0 Å². The maximum absolute atomic E-state index is 11.9. The fourth-order valence-electron chi connectivity index (χ4n) is 1.87. The molecule has 1 aromatic rings. The number of aromatic nitrogens is 3. The first-order valence-electron chi connectivity index (χ1n) is 5.68. The van der Waals surface area contributed by atoms with Gasteiger partial charge in [-0.15, -0.1) is 5.10 Å². The summed E-state index contributed by atoms with van der Waals surface area (Å²) in [5, 5.41) is 13.5. The Morgan fingerprint density at radius 3 is 3.18 bits per heavy atom. The van der Waals surface area contributed by atoms with Crippen LogP contribution < -0.4 is 10.6 Å². The highest BCUT2D eigenvalue weighted by atomic mass is 16.5. The number of ether oxygens (including phenoxy) is 1. The molecule has 0 saturated carbocycles. The Hall–Kier alpha value is -1.47. The summed E-state index contributed by atoms with van der Waals surface area (Å²) in [6, 6.07) is 0.112. The van der Waals surface area contributed by atoms with Gasteiger partial charge in [-0.05, 0) is 7.05 Å². The van der Waals surface area contributed by atoms with Crippen molar-refractivity contribution < 1.29 is 9.53 Å². The van der Waals surface area contributed by atoms with Crippen LogP contribution in [0.25, 0.3) is 0 Å². The summed E-state index contributed by atoms with van der Waals surface area (Å²) >= 11 is 0. The van der Waals surface area contributed by atoms with E-state index >= 15 is 0 Å². The molecular formula is C10H17N5O2. The van der Waals surface area contributed by atoms with E-state index in [0.717, 1.165) is 0 Å². The monoisotopic (exact) mass is 239 g/mol. The summed E-state index contributed by atoms with van der Waals surface area (Å²) in [5.41, 5.74) is 0. The van der Waals surface area contributed by atoms with Crippen LogP contribution in [0.2, 0.25) is 0 Å². The topological polar surface area (TPSA) is 81.1 Å². The zero-order valence-electron chi connectivity index (χ0n) is 9.80. The summed E-state index contributed by atoms with van der Waals surface area (Å²) in [4.78, 5) is 11.9. The van der Waals surface area contributed by atoms with Crippen LogP contribution >= 0.6 is 0 Å². The Labute approximate surface area is 99.5 Å². The summed E-state index contributed by atoms with van der Waals surface area (Å²) in [5.74, 6) is -0.0716. The summed E-state index contributed by atoms with van der Waals surface area (Å²) in [6.45, 7) is 2.26. The van der Waals surface area contributed by atoms with Crippen molar-refractivity contribution in [3.8, 4) is 0 Å². The van der Waals surface area contributed by atoms with Crippen LogP contribution in [0.4, 0.5) is 0 Å². The highest BCUT2D eigenvalue weighted by Gasteiger charge is 2.32. The van der Waals surface area contributed by atoms with E-state index in [4.69, 9.17) is 4.74 Å². The van der Waals surface area contributed by atoms with Gasteiger partial charge >= 0.3 is 0 Å². The molecule has 0 bridgehead atoms. The molecule has 17 heavy (non-hydrogen) atoms. The van der Waals surface area contributed by atoms with Crippen LogP contribution in [0, 0.1) is 5.92 Å². The molecule has 7 heteroatoms. The Morgan fingerprint density at radius 1 is 1.59 bits per heavy atom. The Kier molecular flexibility index (Phi) is 4.05. The van der Waals surface area contributed by atoms with Gasteiger partial charge in [-0.2, -0.15) is 0 Å². The van der Waals surface area contributed by atoms with Gasteiger partial charge in [-0.25, -0.2) is 0 Å². The lowest BCUT2D eigenvalue weighted by molar-refractivity contribution is -0.125. The largest absolute Gasteiger partial charge is 0.379 e. The Morgan fingerprint density at radius 2 is 2.47 bits per heavy atom. The van der Waals surface area contributed by atoms with E-state index in [1.165, 1.54) is 0 Å².